The van der Waals surface area contributed by atoms with E-state index in [2.05, 4.69) is 10.2 Å². The molecule has 3 aromatic rings. The third kappa shape index (κ3) is 8.35. The number of ketones is 2. The van der Waals surface area contributed by atoms with Gasteiger partial charge >= 0.3 is 0 Å². The molecule has 6 nitrogen and oxygen atoms in total. The van der Waals surface area contributed by atoms with E-state index in [0.29, 0.717) is 44.0 Å². The van der Waals surface area contributed by atoms with Crippen LogP contribution in [0.1, 0.15) is 51.3 Å². The van der Waals surface area contributed by atoms with Crippen LogP contribution in [0.3, 0.4) is 0 Å². The van der Waals surface area contributed by atoms with E-state index in [1.807, 2.05) is 65.8 Å². The fraction of sp³-hybridized carbons (Fsp3) is 0.211. The summed E-state index contributed by atoms with van der Waals surface area (Å²) in [4.78, 5) is 27.3. The fourth-order valence-corrected chi connectivity index (χ4v) is 6.12. The number of carbonyl (C=O) groups excluding carboxylic acids is 2. The summed E-state index contributed by atoms with van der Waals surface area (Å²) in [6.45, 7) is 12.1. The summed E-state index contributed by atoms with van der Waals surface area (Å²) in [6, 6.07) is 18.1. The van der Waals surface area contributed by atoms with E-state index < -0.39 is 0 Å². The minimum atomic E-state index is -0.367. The normalized spacial score (nSPS) is 17.9. The molecule has 1 aromatic heterocycles. The highest BCUT2D eigenvalue weighted by Gasteiger charge is 2.27. The third-order valence-corrected chi connectivity index (χ3v) is 8.98. The molecule has 0 saturated carbocycles. The maximum absolute atomic E-state index is 12.8. The second-order valence-electron chi connectivity index (χ2n) is 13.1. The second-order valence-corrected chi connectivity index (χ2v) is 15.1. The summed E-state index contributed by atoms with van der Waals surface area (Å²) in [7, 11) is 0. The van der Waals surface area contributed by atoms with Gasteiger partial charge in [-0.3, -0.25) is 9.59 Å². The van der Waals surface area contributed by atoms with E-state index in [9.17, 15) is 9.59 Å². The van der Waals surface area contributed by atoms with Crippen molar-refractivity contribution in [3.63, 3.8) is 0 Å². The minimum Gasteiger partial charge on any atom is -0.290 e. The van der Waals surface area contributed by atoms with Crippen LogP contribution < -0.4 is 0 Å². The number of nitrogens with zero attached hydrogens (tertiary/aromatic N) is 4. The number of carbonyl (C=O) groups is 2. The van der Waals surface area contributed by atoms with E-state index in [4.69, 9.17) is 33.4 Å². The molecule has 47 heavy (non-hydrogen) atoms. The van der Waals surface area contributed by atoms with Gasteiger partial charge in [-0.15, -0.1) is 21.6 Å². The first kappa shape index (κ1) is 34.0. The van der Waals surface area contributed by atoms with Crippen LogP contribution in [0, 0.1) is 10.8 Å². The Morgan fingerprint density at radius 1 is 0.553 bits per heavy atom. The number of allylic oxidation sites excluding steroid dienone is 10. The van der Waals surface area contributed by atoms with Gasteiger partial charge in [-0.1, -0.05) is 64.7 Å². The standard InChI is InChI=1S/C38H34Cl2N4O2S/c1-37(2,3)29-21-23(7-17-31(29)45)35(43-41-27-13-9-25(39)10-14-27)33-19-20-34(47-33)36(44-42-28-15-11-26(40)12-16-28)24-8-18-32(46)30(22-24)38(4,5)6/h7-22H,1-6H3/b35-23+,36-24+,43-41?,44-42?. The maximum Gasteiger partial charge on any atom is 0.182 e. The van der Waals surface area contributed by atoms with Crippen molar-refractivity contribution in [3.8, 4) is 0 Å². The van der Waals surface area contributed by atoms with Crippen molar-refractivity contribution in [2.24, 2.45) is 31.3 Å². The lowest BCUT2D eigenvalue weighted by Gasteiger charge is -2.23. The zero-order valence-corrected chi connectivity index (χ0v) is 29.3. The van der Waals surface area contributed by atoms with E-state index >= 15 is 0 Å². The van der Waals surface area contributed by atoms with Crippen LogP contribution in [0.4, 0.5) is 11.4 Å². The SMILES string of the molecule is CC(C)(C)C1=C/C(=C(/N=Nc2ccc(Cl)cc2)c2ccc(/C(N=Nc3ccc(Cl)cc3)=C3/C=CC(=O)C(C(C)(C)C)=C3)s2)C=CC1=O. The van der Waals surface area contributed by atoms with Gasteiger partial charge in [-0.25, -0.2) is 0 Å². The van der Waals surface area contributed by atoms with Crippen LogP contribution >= 0.6 is 34.5 Å². The molecular weight excluding hydrogens is 647 g/mol. The van der Waals surface area contributed by atoms with Crippen LogP contribution in [-0.4, -0.2) is 11.6 Å². The first-order valence-corrected chi connectivity index (χ1v) is 16.6. The Morgan fingerprint density at radius 2 is 0.915 bits per heavy atom. The number of halogens is 2. The zero-order valence-electron chi connectivity index (χ0n) is 27.0. The Bertz CT molecular complexity index is 1830. The van der Waals surface area contributed by atoms with Crippen molar-refractivity contribution in [1.29, 1.82) is 0 Å². The van der Waals surface area contributed by atoms with Gasteiger partial charge in [0.25, 0.3) is 0 Å². The smallest absolute Gasteiger partial charge is 0.182 e. The summed E-state index contributed by atoms with van der Waals surface area (Å²) < 4.78 is 0. The van der Waals surface area contributed by atoms with Gasteiger partial charge < -0.3 is 0 Å². The van der Waals surface area contributed by atoms with Gasteiger partial charge in [0.2, 0.25) is 0 Å². The predicted molar refractivity (Wildman–Crippen MR) is 193 cm³/mol. The molecule has 0 spiro atoms. The lowest BCUT2D eigenvalue weighted by atomic mass is 9.80. The van der Waals surface area contributed by atoms with Crippen LogP contribution in [0.25, 0.3) is 11.4 Å². The molecule has 0 bridgehead atoms. The number of rotatable bonds is 6. The Morgan fingerprint density at radius 3 is 1.26 bits per heavy atom. The summed E-state index contributed by atoms with van der Waals surface area (Å²) in [5.74, 6) is -0.0615. The number of azo groups is 2. The van der Waals surface area contributed by atoms with Crippen molar-refractivity contribution >= 4 is 68.9 Å². The summed E-state index contributed by atoms with van der Waals surface area (Å²) >= 11 is 13.7. The molecule has 238 valence electrons. The van der Waals surface area contributed by atoms with Gasteiger partial charge in [-0.05, 0) is 108 Å². The van der Waals surface area contributed by atoms with Crippen molar-refractivity contribution in [2.75, 3.05) is 0 Å². The number of hydrogen-bond acceptors (Lipinski definition) is 7. The lowest BCUT2D eigenvalue weighted by Crippen LogP contribution is -2.18. The highest BCUT2D eigenvalue weighted by Crippen LogP contribution is 2.40. The van der Waals surface area contributed by atoms with Gasteiger partial charge in [0.15, 0.2) is 11.6 Å². The molecule has 5 rings (SSSR count). The molecule has 0 unspecified atom stereocenters. The topological polar surface area (TPSA) is 83.6 Å². The van der Waals surface area contributed by atoms with Crippen molar-refractivity contribution in [2.45, 2.75) is 41.5 Å². The number of benzene rings is 2. The highest BCUT2D eigenvalue weighted by molar-refractivity contribution is 7.14. The first-order chi connectivity index (χ1) is 22.2. The first-order valence-electron chi connectivity index (χ1n) is 15.0. The largest absolute Gasteiger partial charge is 0.290 e. The molecule has 1 heterocycles. The summed E-state index contributed by atoms with van der Waals surface area (Å²) in [5.41, 5.74) is 4.62. The van der Waals surface area contributed by atoms with Gasteiger partial charge in [-0.2, -0.15) is 10.2 Å². The Balaban J connectivity index is 1.68. The Hall–Kier alpha value is -4.30. The van der Waals surface area contributed by atoms with E-state index in [1.54, 1.807) is 72.8 Å². The summed E-state index contributed by atoms with van der Waals surface area (Å²) in [5, 5.41) is 19.7. The monoisotopic (exact) mass is 680 g/mol. The van der Waals surface area contributed by atoms with Crippen LogP contribution in [0.2, 0.25) is 10.0 Å². The molecule has 0 aliphatic heterocycles. The van der Waals surface area contributed by atoms with Crippen molar-refractivity contribution in [1.82, 2.24) is 0 Å². The molecule has 2 aliphatic rings. The van der Waals surface area contributed by atoms with Gasteiger partial charge in [0, 0.05) is 32.3 Å². The van der Waals surface area contributed by atoms with Crippen LogP contribution in [0.5, 0.6) is 0 Å². The molecule has 0 saturated heterocycles. The maximum atomic E-state index is 12.8. The van der Waals surface area contributed by atoms with Crippen LogP contribution in [-0.2, 0) is 9.59 Å². The molecule has 9 heteroatoms. The minimum absolute atomic E-state index is 0.0307. The third-order valence-electron chi connectivity index (χ3n) is 7.38. The van der Waals surface area contributed by atoms with E-state index in [1.165, 1.54) is 11.3 Å². The molecule has 0 amide bonds. The highest BCUT2D eigenvalue weighted by atomic mass is 35.5. The van der Waals surface area contributed by atoms with Gasteiger partial charge in [0.05, 0.1) is 21.1 Å². The zero-order chi connectivity index (χ0) is 33.9. The molecule has 0 N–H and O–H groups in total. The summed E-state index contributed by atoms with van der Waals surface area (Å²) in [6.07, 6.45) is 10.5. The number of hydrogen-bond donors (Lipinski definition) is 0. The average Bonchev–Trinajstić information content (AvgIpc) is 3.49. The van der Waals surface area contributed by atoms with Crippen molar-refractivity contribution in [3.05, 3.63) is 139 Å². The fourth-order valence-electron chi connectivity index (χ4n) is 4.85. The quantitative estimate of drug-likeness (QED) is 0.243. The van der Waals surface area contributed by atoms with Crippen molar-refractivity contribution < 1.29 is 9.59 Å². The van der Waals surface area contributed by atoms with Gasteiger partial charge in [0.1, 0.15) is 11.4 Å². The average molecular weight is 682 g/mol. The molecule has 0 atom stereocenters. The Labute approximate surface area is 289 Å². The Kier molecular flexibility index (Phi) is 10.0. The molecule has 2 aliphatic carbocycles. The molecule has 0 fully saturated rings. The van der Waals surface area contributed by atoms with E-state index in [0.717, 1.165) is 20.9 Å². The van der Waals surface area contributed by atoms with Crippen LogP contribution in [0.15, 0.2) is 140 Å². The number of thiophene rings is 1. The van der Waals surface area contributed by atoms with E-state index in [-0.39, 0.29) is 22.4 Å². The molecule has 2 aromatic carbocycles. The second kappa shape index (κ2) is 13.8. The lowest BCUT2D eigenvalue weighted by molar-refractivity contribution is -0.113. The molecular formula is C38H34Cl2N4O2S. The molecule has 0 radical (unpaired) electrons. The predicted octanol–water partition coefficient (Wildman–Crippen LogP) is 12.3.